The lowest BCUT2D eigenvalue weighted by Gasteiger charge is -2.67. The van der Waals surface area contributed by atoms with Crippen molar-refractivity contribution in [2.24, 2.45) is 35.0 Å². The van der Waals surface area contributed by atoms with E-state index in [2.05, 4.69) is 40.3 Å². The summed E-state index contributed by atoms with van der Waals surface area (Å²) in [7, 11) is 0. The van der Waals surface area contributed by atoms with Gasteiger partial charge >= 0.3 is 0 Å². The van der Waals surface area contributed by atoms with E-state index in [0.717, 1.165) is 29.6 Å². The first-order chi connectivity index (χ1) is 7.05. The van der Waals surface area contributed by atoms with E-state index >= 15 is 0 Å². The zero-order valence-corrected chi connectivity index (χ0v) is 10.8. The van der Waals surface area contributed by atoms with E-state index < -0.39 is 0 Å². The number of hydrogen-bond acceptors (Lipinski definition) is 0. The summed E-state index contributed by atoms with van der Waals surface area (Å²) in [4.78, 5) is 0. The third-order valence-corrected chi connectivity index (χ3v) is 5.91. The summed E-state index contributed by atoms with van der Waals surface area (Å²) in [6, 6.07) is 0. The quantitative estimate of drug-likeness (QED) is 0.583. The molecule has 2 rings (SSSR count). The molecule has 0 heteroatoms. The van der Waals surface area contributed by atoms with Gasteiger partial charge in [-0.2, -0.15) is 0 Å². The van der Waals surface area contributed by atoms with Crippen molar-refractivity contribution < 1.29 is 0 Å². The van der Waals surface area contributed by atoms with Gasteiger partial charge in [-0.15, -0.1) is 6.58 Å². The van der Waals surface area contributed by atoms with Crippen LogP contribution in [0.2, 0.25) is 0 Å². The third kappa shape index (κ3) is 1.26. The average Bonchev–Trinajstić information content (AvgIpc) is 2.22. The maximum atomic E-state index is 3.99. The Morgan fingerprint density at radius 1 is 1.20 bits per heavy atom. The summed E-state index contributed by atoms with van der Waals surface area (Å²) in [6.45, 7) is 13.9. The normalized spacial score (nSPS) is 54.3. The van der Waals surface area contributed by atoms with Crippen LogP contribution in [0.3, 0.4) is 0 Å². The van der Waals surface area contributed by atoms with Crippen LogP contribution in [0.4, 0.5) is 0 Å². The molecule has 3 unspecified atom stereocenters. The van der Waals surface area contributed by atoms with Crippen LogP contribution in [0, 0.1) is 35.0 Å². The van der Waals surface area contributed by atoms with E-state index in [0.29, 0.717) is 5.41 Å². The molecule has 0 saturated heterocycles. The van der Waals surface area contributed by atoms with E-state index in [-0.39, 0.29) is 0 Å². The van der Waals surface area contributed by atoms with Crippen molar-refractivity contribution >= 4 is 0 Å². The second-order valence-corrected chi connectivity index (χ2v) is 6.23. The first kappa shape index (κ1) is 11.2. The van der Waals surface area contributed by atoms with Crippen LogP contribution in [-0.4, -0.2) is 0 Å². The van der Waals surface area contributed by atoms with Crippen molar-refractivity contribution in [3.8, 4) is 0 Å². The Morgan fingerprint density at radius 3 is 2.47 bits per heavy atom. The van der Waals surface area contributed by atoms with Gasteiger partial charge in [0.1, 0.15) is 0 Å². The van der Waals surface area contributed by atoms with Crippen molar-refractivity contribution in [2.45, 2.75) is 47.0 Å². The Labute approximate surface area is 95.1 Å². The van der Waals surface area contributed by atoms with Gasteiger partial charge in [-0.3, -0.25) is 0 Å². The molecule has 15 heavy (non-hydrogen) atoms. The fourth-order valence-electron chi connectivity index (χ4n) is 5.03. The number of rotatable bonds is 2. The van der Waals surface area contributed by atoms with Gasteiger partial charge in [-0.1, -0.05) is 40.2 Å². The van der Waals surface area contributed by atoms with Crippen LogP contribution >= 0.6 is 0 Å². The standard InChI is InChI=1S/C15H26/c1-6-9-15-11(3)8-7-10(2)14(15)12(4)13(15)5/h6,10-14H,1,7-9H2,2-5H3/t10?,11?,12-,13+,14?,15+/m0/s1. The van der Waals surface area contributed by atoms with Gasteiger partial charge in [-0.25, -0.2) is 0 Å². The molecule has 0 aromatic rings. The van der Waals surface area contributed by atoms with E-state index in [9.17, 15) is 0 Å². The smallest absolute Gasteiger partial charge is 0.0176 e. The molecule has 0 amide bonds. The number of allylic oxidation sites excluding steroid dienone is 1. The lowest BCUT2D eigenvalue weighted by Crippen LogP contribution is -2.62. The van der Waals surface area contributed by atoms with E-state index in [1.165, 1.54) is 19.3 Å². The summed E-state index contributed by atoms with van der Waals surface area (Å²) in [5.74, 6) is 4.64. The first-order valence-corrected chi connectivity index (χ1v) is 6.66. The van der Waals surface area contributed by atoms with Crippen LogP contribution < -0.4 is 0 Å². The Balaban J connectivity index is 2.30. The maximum absolute atomic E-state index is 3.99. The molecule has 2 saturated carbocycles. The minimum absolute atomic E-state index is 0.610. The van der Waals surface area contributed by atoms with Crippen molar-refractivity contribution in [1.82, 2.24) is 0 Å². The molecule has 6 atom stereocenters. The van der Waals surface area contributed by atoms with Crippen LogP contribution in [0.25, 0.3) is 0 Å². The molecule has 2 fully saturated rings. The Hall–Kier alpha value is -0.260. The Kier molecular flexibility index (Phi) is 2.73. The SMILES string of the molecule is C=CC[C@]12C(C)CCC(C)C1[C@@H](C)[C@H]2C. The molecule has 0 aliphatic heterocycles. The molecule has 0 spiro atoms. The molecule has 2 aliphatic rings. The molecular formula is C15H26. The lowest BCUT2D eigenvalue weighted by molar-refractivity contribution is -0.189. The van der Waals surface area contributed by atoms with Crippen molar-refractivity contribution in [3.05, 3.63) is 12.7 Å². The fraction of sp³-hybridized carbons (Fsp3) is 0.867. The minimum atomic E-state index is 0.610. The van der Waals surface area contributed by atoms with E-state index in [1.54, 1.807) is 0 Å². The van der Waals surface area contributed by atoms with E-state index in [1.807, 2.05) is 0 Å². The molecule has 0 radical (unpaired) electrons. The molecule has 0 bridgehead atoms. The van der Waals surface area contributed by atoms with Crippen molar-refractivity contribution in [1.29, 1.82) is 0 Å². The van der Waals surface area contributed by atoms with Gasteiger partial charge in [0.2, 0.25) is 0 Å². The summed E-state index contributed by atoms with van der Waals surface area (Å²) < 4.78 is 0. The summed E-state index contributed by atoms with van der Waals surface area (Å²) in [6.07, 6.45) is 6.29. The second kappa shape index (κ2) is 3.64. The van der Waals surface area contributed by atoms with Crippen molar-refractivity contribution in [2.75, 3.05) is 0 Å². The van der Waals surface area contributed by atoms with E-state index in [4.69, 9.17) is 0 Å². The molecular weight excluding hydrogens is 180 g/mol. The lowest BCUT2D eigenvalue weighted by atomic mass is 9.37. The largest absolute Gasteiger partial charge is 0.103 e. The topological polar surface area (TPSA) is 0 Å². The molecule has 86 valence electrons. The molecule has 0 heterocycles. The zero-order valence-electron chi connectivity index (χ0n) is 10.8. The highest BCUT2D eigenvalue weighted by molar-refractivity contribution is 5.12. The number of fused-ring (bicyclic) bond motifs is 1. The van der Waals surface area contributed by atoms with Gasteiger partial charge < -0.3 is 0 Å². The highest BCUT2D eigenvalue weighted by Crippen LogP contribution is 2.68. The fourth-order valence-corrected chi connectivity index (χ4v) is 5.03. The molecule has 2 aliphatic carbocycles. The second-order valence-electron chi connectivity index (χ2n) is 6.23. The summed E-state index contributed by atoms with van der Waals surface area (Å²) in [5, 5.41) is 0. The van der Waals surface area contributed by atoms with Gasteiger partial charge in [0.05, 0.1) is 0 Å². The summed E-state index contributed by atoms with van der Waals surface area (Å²) >= 11 is 0. The van der Waals surface area contributed by atoms with Crippen LogP contribution in [-0.2, 0) is 0 Å². The third-order valence-electron chi connectivity index (χ3n) is 5.91. The van der Waals surface area contributed by atoms with Gasteiger partial charge in [0.15, 0.2) is 0 Å². The van der Waals surface area contributed by atoms with Gasteiger partial charge in [-0.05, 0) is 47.8 Å². The highest BCUT2D eigenvalue weighted by Gasteiger charge is 2.61. The van der Waals surface area contributed by atoms with Crippen LogP contribution in [0.15, 0.2) is 12.7 Å². The molecule has 0 N–H and O–H groups in total. The predicted octanol–water partition coefficient (Wildman–Crippen LogP) is 4.52. The molecule has 0 aromatic heterocycles. The first-order valence-electron chi connectivity index (χ1n) is 6.66. The number of hydrogen-bond donors (Lipinski definition) is 0. The van der Waals surface area contributed by atoms with Gasteiger partial charge in [0.25, 0.3) is 0 Å². The Morgan fingerprint density at radius 2 is 1.87 bits per heavy atom. The highest BCUT2D eigenvalue weighted by atomic mass is 14.7. The average molecular weight is 206 g/mol. The summed E-state index contributed by atoms with van der Waals surface area (Å²) in [5.41, 5.74) is 0.610. The van der Waals surface area contributed by atoms with Crippen LogP contribution in [0.1, 0.15) is 47.0 Å². The van der Waals surface area contributed by atoms with Crippen molar-refractivity contribution in [3.63, 3.8) is 0 Å². The zero-order chi connectivity index (χ0) is 11.2. The minimum Gasteiger partial charge on any atom is -0.103 e. The molecule has 0 nitrogen and oxygen atoms in total. The monoisotopic (exact) mass is 206 g/mol. The maximum Gasteiger partial charge on any atom is -0.0176 e. The Bertz CT molecular complexity index is 245. The molecule has 0 aromatic carbocycles. The van der Waals surface area contributed by atoms with Crippen LogP contribution in [0.5, 0.6) is 0 Å². The predicted molar refractivity (Wildman–Crippen MR) is 66.6 cm³/mol. The van der Waals surface area contributed by atoms with Gasteiger partial charge in [0, 0.05) is 0 Å².